The number of hydrogen-bond acceptors (Lipinski definition) is 6. The second-order valence-corrected chi connectivity index (χ2v) is 4.87. The standard InChI is InChI=1S/C16H21NO6/c1-4-11-16(14(18)22-5-2,15(19)23-6-3)12-9-7-8-10-13(12)17(20)21/h7-10H,4-6,11H2,1-3H3. The molecular weight excluding hydrogens is 302 g/mol. The average Bonchev–Trinajstić information content (AvgIpc) is 2.53. The van der Waals surface area contributed by atoms with Crippen LogP contribution in [0.1, 0.15) is 39.2 Å². The number of esters is 2. The average molecular weight is 323 g/mol. The Labute approximate surface area is 134 Å². The first-order chi connectivity index (χ1) is 10.9. The maximum absolute atomic E-state index is 12.6. The number of carbonyl (C=O) groups is 2. The highest BCUT2D eigenvalue weighted by molar-refractivity contribution is 6.07. The number of nitrogens with zero attached hydrogens (tertiary/aromatic N) is 1. The zero-order valence-corrected chi connectivity index (χ0v) is 13.5. The first-order valence-corrected chi connectivity index (χ1v) is 7.53. The number of para-hydroxylation sites is 1. The van der Waals surface area contributed by atoms with E-state index < -0.39 is 22.3 Å². The van der Waals surface area contributed by atoms with Gasteiger partial charge in [0.05, 0.1) is 23.7 Å². The summed E-state index contributed by atoms with van der Waals surface area (Å²) < 4.78 is 10.1. The minimum Gasteiger partial charge on any atom is -0.465 e. The molecule has 0 amide bonds. The monoisotopic (exact) mass is 323 g/mol. The number of ether oxygens (including phenoxy) is 2. The molecule has 7 heteroatoms. The number of hydrogen-bond donors (Lipinski definition) is 0. The van der Waals surface area contributed by atoms with Crippen LogP contribution in [-0.2, 0) is 24.5 Å². The Morgan fingerprint density at radius 1 is 1.09 bits per heavy atom. The lowest BCUT2D eigenvalue weighted by atomic mass is 9.75. The summed E-state index contributed by atoms with van der Waals surface area (Å²) in [5, 5.41) is 11.3. The van der Waals surface area contributed by atoms with Gasteiger partial charge in [0, 0.05) is 6.07 Å². The summed E-state index contributed by atoms with van der Waals surface area (Å²) in [4.78, 5) is 35.9. The quantitative estimate of drug-likeness (QED) is 0.316. The molecule has 1 aromatic rings. The van der Waals surface area contributed by atoms with E-state index in [2.05, 4.69) is 0 Å². The normalized spacial score (nSPS) is 10.9. The fraction of sp³-hybridized carbons (Fsp3) is 0.500. The highest BCUT2D eigenvalue weighted by Gasteiger charge is 2.53. The summed E-state index contributed by atoms with van der Waals surface area (Å²) in [5.74, 6) is -1.65. The summed E-state index contributed by atoms with van der Waals surface area (Å²) in [6.45, 7) is 5.12. The molecule has 0 unspecified atom stereocenters. The van der Waals surface area contributed by atoms with Crippen molar-refractivity contribution in [2.45, 2.75) is 39.0 Å². The number of benzene rings is 1. The van der Waals surface area contributed by atoms with E-state index >= 15 is 0 Å². The van der Waals surface area contributed by atoms with Crippen molar-refractivity contribution in [2.24, 2.45) is 0 Å². The van der Waals surface area contributed by atoms with E-state index in [9.17, 15) is 19.7 Å². The predicted molar refractivity (Wildman–Crippen MR) is 82.9 cm³/mol. The fourth-order valence-electron chi connectivity index (χ4n) is 2.52. The van der Waals surface area contributed by atoms with Gasteiger partial charge in [0.2, 0.25) is 0 Å². The maximum Gasteiger partial charge on any atom is 0.328 e. The van der Waals surface area contributed by atoms with Crippen LogP contribution in [-0.4, -0.2) is 30.1 Å². The molecule has 0 aliphatic rings. The summed E-state index contributed by atoms with van der Waals surface area (Å²) in [5.41, 5.74) is -2.13. The molecule has 0 aliphatic heterocycles. The van der Waals surface area contributed by atoms with Crippen LogP contribution in [0.25, 0.3) is 0 Å². The van der Waals surface area contributed by atoms with Crippen LogP contribution in [0.3, 0.4) is 0 Å². The highest BCUT2D eigenvalue weighted by atomic mass is 16.6. The van der Waals surface area contributed by atoms with Crippen LogP contribution in [0.5, 0.6) is 0 Å². The van der Waals surface area contributed by atoms with Crippen molar-refractivity contribution in [2.75, 3.05) is 13.2 Å². The molecule has 0 saturated heterocycles. The van der Waals surface area contributed by atoms with E-state index in [0.29, 0.717) is 6.42 Å². The van der Waals surface area contributed by atoms with Crippen LogP contribution in [0.15, 0.2) is 24.3 Å². The van der Waals surface area contributed by atoms with Gasteiger partial charge in [-0.2, -0.15) is 0 Å². The van der Waals surface area contributed by atoms with E-state index in [0.717, 1.165) is 0 Å². The van der Waals surface area contributed by atoms with Gasteiger partial charge in [0.1, 0.15) is 0 Å². The lowest BCUT2D eigenvalue weighted by Crippen LogP contribution is -2.46. The minimum atomic E-state index is -1.83. The van der Waals surface area contributed by atoms with Gasteiger partial charge in [0.15, 0.2) is 5.41 Å². The van der Waals surface area contributed by atoms with Crippen molar-refractivity contribution in [3.8, 4) is 0 Å². The lowest BCUT2D eigenvalue weighted by molar-refractivity contribution is -0.386. The number of carbonyl (C=O) groups excluding carboxylic acids is 2. The number of nitro benzene ring substituents is 1. The van der Waals surface area contributed by atoms with Crippen molar-refractivity contribution < 1.29 is 24.0 Å². The number of rotatable bonds is 8. The SMILES string of the molecule is CCCC(C(=O)OCC)(C(=O)OCC)c1ccccc1[N+](=O)[O-]. The predicted octanol–water partition coefficient (Wildman–Crippen LogP) is 2.76. The molecule has 0 aromatic heterocycles. The van der Waals surface area contributed by atoms with E-state index in [1.54, 1.807) is 26.8 Å². The van der Waals surface area contributed by atoms with Crippen LogP contribution >= 0.6 is 0 Å². The molecular formula is C16H21NO6. The molecule has 7 nitrogen and oxygen atoms in total. The van der Waals surface area contributed by atoms with Gasteiger partial charge < -0.3 is 9.47 Å². The summed E-state index contributed by atoms with van der Waals surface area (Å²) >= 11 is 0. The molecule has 0 aliphatic carbocycles. The number of nitro groups is 1. The second-order valence-electron chi connectivity index (χ2n) is 4.87. The second kappa shape index (κ2) is 8.26. The van der Waals surface area contributed by atoms with Gasteiger partial charge in [-0.3, -0.25) is 19.7 Å². The molecule has 0 saturated carbocycles. The van der Waals surface area contributed by atoms with Crippen molar-refractivity contribution in [3.05, 3.63) is 39.9 Å². The first-order valence-electron chi connectivity index (χ1n) is 7.53. The van der Waals surface area contributed by atoms with Gasteiger partial charge in [-0.25, -0.2) is 0 Å². The molecule has 0 spiro atoms. The Morgan fingerprint density at radius 3 is 2.04 bits per heavy atom. The maximum atomic E-state index is 12.6. The topological polar surface area (TPSA) is 95.7 Å². The van der Waals surface area contributed by atoms with Crippen LogP contribution < -0.4 is 0 Å². The smallest absolute Gasteiger partial charge is 0.328 e. The van der Waals surface area contributed by atoms with Crippen LogP contribution in [0.2, 0.25) is 0 Å². The summed E-state index contributed by atoms with van der Waals surface area (Å²) in [7, 11) is 0. The van der Waals surface area contributed by atoms with Gasteiger partial charge in [-0.15, -0.1) is 0 Å². The van der Waals surface area contributed by atoms with E-state index in [1.165, 1.54) is 18.2 Å². The van der Waals surface area contributed by atoms with E-state index in [4.69, 9.17) is 9.47 Å². The van der Waals surface area contributed by atoms with Crippen LogP contribution in [0.4, 0.5) is 5.69 Å². The summed E-state index contributed by atoms with van der Waals surface area (Å²) in [6.07, 6.45) is 0.513. The van der Waals surface area contributed by atoms with E-state index in [-0.39, 0.29) is 30.9 Å². The first kappa shape index (κ1) is 18.6. The van der Waals surface area contributed by atoms with Crippen molar-refractivity contribution in [1.29, 1.82) is 0 Å². The summed E-state index contributed by atoms with van der Waals surface area (Å²) in [6, 6.07) is 5.69. The minimum absolute atomic E-state index is 0.00347. The van der Waals surface area contributed by atoms with Crippen molar-refractivity contribution >= 4 is 17.6 Å². The molecule has 0 bridgehead atoms. The third-order valence-corrected chi connectivity index (χ3v) is 3.43. The zero-order valence-electron chi connectivity index (χ0n) is 13.5. The van der Waals surface area contributed by atoms with Crippen LogP contribution in [0, 0.1) is 10.1 Å². The molecule has 1 rings (SSSR count). The Balaban J connectivity index is 3.64. The highest BCUT2D eigenvalue weighted by Crippen LogP contribution is 2.38. The molecule has 0 fully saturated rings. The van der Waals surface area contributed by atoms with Crippen molar-refractivity contribution in [1.82, 2.24) is 0 Å². The molecule has 0 atom stereocenters. The Hall–Kier alpha value is -2.44. The van der Waals surface area contributed by atoms with E-state index in [1.807, 2.05) is 0 Å². The molecule has 23 heavy (non-hydrogen) atoms. The molecule has 0 radical (unpaired) electrons. The lowest BCUT2D eigenvalue weighted by Gasteiger charge is -2.28. The van der Waals surface area contributed by atoms with Gasteiger partial charge in [-0.05, 0) is 20.3 Å². The largest absolute Gasteiger partial charge is 0.465 e. The molecule has 1 aromatic carbocycles. The van der Waals surface area contributed by atoms with Gasteiger partial charge >= 0.3 is 11.9 Å². The van der Waals surface area contributed by atoms with Gasteiger partial charge in [-0.1, -0.05) is 31.5 Å². The Bertz CT molecular complexity index is 566. The molecule has 0 heterocycles. The zero-order chi connectivity index (χ0) is 17.5. The third kappa shape index (κ3) is 3.67. The van der Waals surface area contributed by atoms with Gasteiger partial charge in [0.25, 0.3) is 5.69 Å². The van der Waals surface area contributed by atoms with Crippen molar-refractivity contribution in [3.63, 3.8) is 0 Å². The Kier molecular flexibility index (Phi) is 6.68. The fourth-order valence-corrected chi connectivity index (χ4v) is 2.52. The molecule has 126 valence electrons. The molecule has 0 N–H and O–H groups in total. The third-order valence-electron chi connectivity index (χ3n) is 3.43. The Morgan fingerprint density at radius 2 is 1.61 bits per heavy atom.